The van der Waals surface area contributed by atoms with E-state index >= 15 is 0 Å². The molecule has 3 aromatic carbocycles. The number of nitrogens with zero attached hydrogens (tertiary/aromatic N) is 1. The summed E-state index contributed by atoms with van der Waals surface area (Å²) in [7, 11) is 0. The van der Waals surface area contributed by atoms with Gasteiger partial charge in [-0.3, -0.25) is 9.59 Å². The summed E-state index contributed by atoms with van der Waals surface area (Å²) in [4.78, 5) is 36.3. The number of hydrogen-bond donors (Lipinski definition) is 2. The largest absolute Gasteiger partial charge is 0.423 e. The summed E-state index contributed by atoms with van der Waals surface area (Å²) in [5.41, 5.74) is 5.27. The Labute approximate surface area is 190 Å². The van der Waals surface area contributed by atoms with Crippen molar-refractivity contribution in [2.24, 2.45) is 5.10 Å². The minimum Gasteiger partial charge on any atom is -0.423 e. The summed E-state index contributed by atoms with van der Waals surface area (Å²) in [5.74, 6) is -1.99. The average Bonchev–Trinajstić information content (AvgIpc) is 2.77. The van der Waals surface area contributed by atoms with E-state index in [2.05, 4.69) is 15.8 Å². The van der Waals surface area contributed by atoms with Crippen LogP contribution in [0.4, 0.5) is 5.69 Å². The maximum absolute atomic E-state index is 12.2. The Morgan fingerprint density at radius 3 is 2.41 bits per heavy atom. The maximum atomic E-state index is 12.2. The molecule has 0 radical (unpaired) electrons. The summed E-state index contributed by atoms with van der Waals surface area (Å²) in [6, 6.07) is 18.6. The van der Waals surface area contributed by atoms with Gasteiger partial charge < -0.3 is 10.1 Å². The lowest BCUT2D eigenvalue weighted by Gasteiger charge is -2.08. The molecular formula is C24H20ClN3O4. The Kier molecular flexibility index (Phi) is 7.36. The van der Waals surface area contributed by atoms with Crippen LogP contribution in [0.2, 0.25) is 5.02 Å². The van der Waals surface area contributed by atoms with Crippen molar-refractivity contribution in [2.75, 3.05) is 5.32 Å². The molecule has 8 heteroatoms. The van der Waals surface area contributed by atoms with Crippen molar-refractivity contribution in [2.45, 2.75) is 13.8 Å². The predicted molar refractivity (Wildman–Crippen MR) is 123 cm³/mol. The Morgan fingerprint density at radius 1 is 0.938 bits per heavy atom. The van der Waals surface area contributed by atoms with Gasteiger partial charge >= 0.3 is 17.8 Å². The van der Waals surface area contributed by atoms with E-state index in [1.807, 2.05) is 19.1 Å². The van der Waals surface area contributed by atoms with Gasteiger partial charge in [-0.1, -0.05) is 47.5 Å². The van der Waals surface area contributed by atoms with E-state index in [4.69, 9.17) is 16.3 Å². The fraction of sp³-hybridized carbons (Fsp3) is 0.0833. The summed E-state index contributed by atoms with van der Waals surface area (Å²) in [5, 5.41) is 6.74. The highest BCUT2D eigenvalue weighted by Gasteiger charge is 2.14. The lowest BCUT2D eigenvalue weighted by atomic mass is 10.1. The molecular weight excluding hydrogens is 430 g/mol. The molecule has 0 saturated heterocycles. The van der Waals surface area contributed by atoms with Crippen molar-refractivity contribution < 1.29 is 19.1 Å². The van der Waals surface area contributed by atoms with Crippen LogP contribution in [0.3, 0.4) is 0 Å². The van der Waals surface area contributed by atoms with Crippen LogP contribution in [-0.4, -0.2) is 24.0 Å². The minimum atomic E-state index is -0.942. The van der Waals surface area contributed by atoms with Crippen LogP contribution in [0.5, 0.6) is 5.75 Å². The van der Waals surface area contributed by atoms with E-state index in [1.165, 1.54) is 6.21 Å². The van der Waals surface area contributed by atoms with Gasteiger partial charge in [0.05, 0.1) is 11.8 Å². The van der Waals surface area contributed by atoms with Gasteiger partial charge in [-0.15, -0.1) is 0 Å². The molecule has 0 atom stereocenters. The first-order valence-electron chi connectivity index (χ1n) is 9.62. The Morgan fingerprint density at radius 2 is 1.66 bits per heavy atom. The zero-order chi connectivity index (χ0) is 23.1. The third-order valence-electron chi connectivity index (χ3n) is 4.46. The van der Waals surface area contributed by atoms with Crippen LogP contribution in [0.15, 0.2) is 71.8 Å². The molecule has 162 valence electrons. The molecule has 0 aliphatic carbocycles. The molecule has 2 amide bonds. The molecule has 0 fully saturated rings. The fourth-order valence-electron chi connectivity index (χ4n) is 2.65. The number of carbonyl (C=O) groups is 3. The highest BCUT2D eigenvalue weighted by Crippen LogP contribution is 2.22. The van der Waals surface area contributed by atoms with Crippen LogP contribution in [0.25, 0.3) is 0 Å². The highest BCUT2D eigenvalue weighted by atomic mass is 35.5. The maximum Gasteiger partial charge on any atom is 0.343 e. The number of esters is 1. The highest BCUT2D eigenvalue weighted by molar-refractivity contribution is 6.40. The Hall–Kier alpha value is -3.97. The number of hydrazone groups is 1. The molecule has 7 nitrogen and oxygen atoms in total. The predicted octanol–water partition coefficient (Wildman–Crippen LogP) is 4.26. The lowest BCUT2D eigenvalue weighted by Crippen LogP contribution is -2.32. The van der Waals surface area contributed by atoms with Gasteiger partial charge in [-0.05, 0) is 61.4 Å². The van der Waals surface area contributed by atoms with Crippen LogP contribution >= 0.6 is 11.6 Å². The third kappa shape index (κ3) is 6.02. The van der Waals surface area contributed by atoms with Crippen molar-refractivity contribution in [3.05, 3.63) is 94.0 Å². The quantitative estimate of drug-likeness (QED) is 0.200. The summed E-state index contributed by atoms with van der Waals surface area (Å²) in [6.45, 7) is 3.66. The Bertz CT molecular complexity index is 1190. The van der Waals surface area contributed by atoms with Gasteiger partial charge in [-0.25, -0.2) is 10.2 Å². The normalized spacial score (nSPS) is 10.6. The van der Waals surface area contributed by atoms with Crippen LogP contribution in [0, 0.1) is 13.8 Å². The summed E-state index contributed by atoms with van der Waals surface area (Å²) in [6.07, 6.45) is 1.33. The number of nitrogens with one attached hydrogen (secondary N) is 2. The van der Waals surface area contributed by atoms with E-state index in [-0.39, 0.29) is 0 Å². The van der Waals surface area contributed by atoms with E-state index in [9.17, 15) is 14.4 Å². The number of hydrogen-bond acceptors (Lipinski definition) is 5. The van der Waals surface area contributed by atoms with E-state index < -0.39 is 17.8 Å². The zero-order valence-electron chi connectivity index (χ0n) is 17.4. The van der Waals surface area contributed by atoms with Crippen molar-refractivity contribution in [3.8, 4) is 5.75 Å². The first-order chi connectivity index (χ1) is 15.3. The molecule has 0 aliphatic heterocycles. The van der Waals surface area contributed by atoms with Gasteiger partial charge in [-0.2, -0.15) is 5.10 Å². The van der Waals surface area contributed by atoms with Crippen molar-refractivity contribution in [1.29, 1.82) is 0 Å². The van der Waals surface area contributed by atoms with E-state index in [1.54, 1.807) is 61.5 Å². The van der Waals surface area contributed by atoms with Gasteiger partial charge in [0.2, 0.25) is 0 Å². The summed E-state index contributed by atoms with van der Waals surface area (Å²) < 4.78 is 5.37. The number of ether oxygens (including phenoxy) is 1. The first kappa shape index (κ1) is 22.7. The number of rotatable bonds is 5. The second-order valence-electron chi connectivity index (χ2n) is 6.89. The average molecular weight is 450 g/mol. The van der Waals surface area contributed by atoms with Gasteiger partial charge in [0.1, 0.15) is 5.75 Å². The number of carbonyl (C=O) groups excluding carboxylic acids is 3. The van der Waals surface area contributed by atoms with Crippen LogP contribution < -0.4 is 15.5 Å². The van der Waals surface area contributed by atoms with Crippen LogP contribution in [0.1, 0.15) is 27.0 Å². The first-order valence-corrected chi connectivity index (χ1v) is 9.99. The number of anilines is 1. The van der Waals surface area contributed by atoms with Crippen molar-refractivity contribution in [1.82, 2.24) is 5.43 Å². The van der Waals surface area contributed by atoms with Crippen molar-refractivity contribution >= 4 is 41.3 Å². The third-order valence-corrected chi connectivity index (χ3v) is 4.87. The Balaban J connectivity index is 1.57. The number of amides is 2. The molecule has 2 N–H and O–H groups in total. The van der Waals surface area contributed by atoms with E-state index in [0.29, 0.717) is 33.1 Å². The SMILES string of the molecule is Cc1ccc(C(=O)Oc2cccc(C=NNC(=O)C(=O)Nc3cccc(Cl)c3C)c2)cc1. The number of benzene rings is 3. The molecule has 0 unspecified atom stereocenters. The monoisotopic (exact) mass is 449 g/mol. The number of aryl methyl sites for hydroxylation is 1. The minimum absolute atomic E-state index is 0.319. The molecule has 3 aromatic rings. The number of halogens is 1. The smallest absolute Gasteiger partial charge is 0.343 e. The second-order valence-corrected chi connectivity index (χ2v) is 7.30. The molecule has 3 rings (SSSR count). The second kappa shape index (κ2) is 10.4. The van der Waals surface area contributed by atoms with Gasteiger partial charge in [0, 0.05) is 10.7 Å². The molecule has 32 heavy (non-hydrogen) atoms. The van der Waals surface area contributed by atoms with E-state index in [0.717, 1.165) is 5.56 Å². The molecule has 0 heterocycles. The molecule has 0 aliphatic rings. The molecule has 0 bridgehead atoms. The molecule has 0 spiro atoms. The van der Waals surface area contributed by atoms with Gasteiger partial charge in [0.25, 0.3) is 0 Å². The molecule has 0 aromatic heterocycles. The van der Waals surface area contributed by atoms with Crippen LogP contribution in [-0.2, 0) is 9.59 Å². The summed E-state index contributed by atoms with van der Waals surface area (Å²) >= 11 is 6.01. The fourth-order valence-corrected chi connectivity index (χ4v) is 2.83. The van der Waals surface area contributed by atoms with Gasteiger partial charge in [0.15, 0.2) is 0 Å². The van der Waals surface area contributed by atoms with Crippen molar-refractivity contribution in [3.63, 3.8) is 0 Å². The molecule has 0 saturated carbocycles. The lowest BCUT2D eigenvalue weighted by molar-refractivity contribution is -0.136. The standard InChI is InChI=1S/C24H20ClN3O4/c1-15-9-11-18(12-10-15)24(31)32-19-6-3-5-17(13-19)14-26-28-23(30)22(29)27-21-8-4-7-20(25)16(21)2/h3-14H,1-2H3,(H,27,29)(H,28,30). The topological polar surface area (TPSA) is 96.9 Å². The zero-order valence-corrected chi connectivity index (χ0v) is 18.1.